The molecule has 2 heteroatoms. The van der Waals surface area contributed by atoms with E-state index in [1.165, 1.54) is 56.2 Å². The molecule has 1 nitrogen and oxygen atoms in total. The van der Waals surface area contributed by atoms with Crippen molar-refractivity contribution in [2.75, 3.05) is 6.61 Å². The first-order valence-electron chi connectivity index (χ1n) is 7.24. The molecule has 0 fully saturated rings. The van der Waals surface area contributed by atoms with E-state index >= 15 is 0 Å². The van der Waals surface area contributed by atoms with Gasteiger partial charge in [-0.2, -0.15) is 0 Å². The number of rotatable bonds is 11. The van der Waals surface area contributed by atoms with Gasteiger partial charge in [-0.3, -0.25) is 0 Å². The van der Waals surface area contributed by atoms with Gasteiger partial charge >= 0.3 is 0 Å². The lowest BCUT2D eigenvalue weighted by Gasteiger charge is -2.00. The summed E-state index contributed by atoms with van der Waals surface area (Å²) in [6.07, 6.45) is 16.0. The van der Waals surface area contributed by atoms with E-state index in [9.17, 15) is 0 Å². The summed E-state index contributed by atoms with van der Waals surface area (Å²) in [5, 5.41) is 10.8. The predicted molar refractivity (Wildman–Crippen MR) is 82.0 cm³/mol. The average Bonchev–Trinajstić information content (AvgIpc) is 2.89. The standard InChI is InChI=1S/C16H26OS/c17-14-10-8-6-4-2-1-3-5-7-9-12-16-13-11-15-18-16/h9,11-13,15,17H,1-8,10,14H2/b12-9-. The molecule has 0 amide bonds. The lowest BCUT2D eigenvalue weighted by Crippen LogP contribution is -1.84. The van der Waals surface area contributed by atoms with Gasteiger partial charge in [0.15, 0.2) is 0 Å². The first-order chi connectivity index (χ1) is 8.93. The van der Waals surface area contributed by atoms with Crippen LogP contribution in [0.3, 0.4) is 0 Å². The molecule has 0 bridgehead atoms. The van der Waals surface area contributed by atoms with Gasteiger partial charge in [0.2, 0.25) is 0 Å². The summed E-state index contributed by atoms with van der Waals surface area (Å²) in [6.45, 7) is 0.358. The SMILES string of the molecule is OCCCCCCCCCC/C=C\c1cccs1. The maximum absolute atomic E-state index is 8.65. The molecule has 0 aliphatic rings. The highest BCUT2D eigenvalue weighted by atomic mass is 32.1. The molecular weight excluding hydrogens is 240 g/mol. The van der Waals surface area contributed by atoms with E-state index in [-0.39, 0.29) is 0 Å². The molecule has 0 saturated heterocycles. The van der Waals surface area contributed by atoms with Gasteiger partial charge in [0.1, 0.15) is 0 Å². The monoisotopic (exact) mass is 266 g/mol. The second kappa shape index (κ2) is 11.5. The predicted octanol–water partition coefficient (Wildman–Crippen LogP) is 5.26. The molecule has 0 unspecified atom stereocenters. The maximum Gasteiger partial charge on any atom is 0.0431 e. The van der Waals surface area contributed by atoms with E-state index in [0.29, 0.717) is 6.61 Å². The van der Waals surface area contributed by atoms with Crippen molar-refractivity contribution < 1.29 is 5.11 Å². The maximum atomic E-state index is 8.65. The lowest BCUT2D eigenvalue weighted by atomic mass is 10.1. The van der Waals surface area contributed by atoms with Crippen LogP contribution in [0.1, 0.15) is 62.7 Å². The molecule has 1 aromatic heterocycles. The summed E-state index contributed by atoms with van der Waals surface area (Å²) < 4.78 is 0. The molecule has 0 radical (unpaired) electrons. The molecule has 0 atom stereocenters. The van der Waals surface area contributed by atoms with Crippen molar-refractivity contribution >= 4 is 17.4 Å². The summed E-state index contributed by atoms with van der Waals surface area (Å²) in [5.41, 5.74) is 0. The van der Waals surface area contributed by atoms with Crippen LogP contribution in [0.5, 0.6) is 0 Å². The smallest absolute Gasteiger partial charge is 0.0431 e. The number of unbranched alkanes of at least 4 members (excludes halogenated alkanes) is 8. The van der Waals surface area contributed by atoms with Crippen LogP contribution in [0.2, 0.25) is 0 Å². The highest BCUT2D eigenvalue weighted by Crippen LogP contribution is 2.13. The molecule has 102 valence electrons. The number of hydrogen-bond donors (Lipinski definition) is 1. The third-order valence-electron chi connectivity index (χ3n) is 3.10. The van der Waals surface area contributed by atoms with Gasteiger partial charge in [-0.25, -0.2) is 0 Å². The molecule has 1 rings (SSSR count). The number of thiophene rings is 1. The first-order valence-corrected chi connectivity index (χ1v) is 8.12. The second-order valence-corrected chi connectivity index (χ2v) is 5.74. The van der Waals surface area contributed by atoms with Crippen LogP contribution in [0.25, 0.3) is 6.08 Å². The van der Waals surface area contributed by atoms with Gasteiger partial charge in [0.05, 0.1) is 0 Å². The molecule has 1 N–H and O–H groups in total. The van der Waals surface area contributed by atoms with Gasteiger partial charge in [-0.05, 0) is 36.8 Å². The fourth-order valence-corrected chi connectivity index (χ4v) is 2.67. The zero-order valence-corrected chi connectivity index (χ0v) is 12.1. The summed E-state index contributed by atoms with van der Waals surface area (Å²) in [6, 6.07) is 4.26. The van der Waals surface area contributed by atoms with Crippen molar-refractivity contribution in [2.45, 2.75) is 57.8 Å². The van der Waals surface area contributed by atoms with Crippen molar-refractivity contribution in [3.63, 3.8) is 0 Å². The lowest BCUT2D eigenvalue weighted by molar-refractivity contribution is 0.282. The Kier molecular flexibility index (Phi) is 9.87. The Labute approximate surface area is 116 Å². The van der Waals surface area contributed by atoms with E-state index in [1.54, 1.807) is 11.3 Å². The fourth-order valence-electron chi connectivity index (χ4n) is 2.02. The van der Waals surface area contributed by atoms with Crippen LogP contribution in [0.15, 0.2) is 23.6 Å². The first kappa shape index (κ1) is 15.5. The molecule has 0 spiro atoms. The number of allylic oxidation sites excluding steroid dienone is 1. The summed E-state index contributed by atoms with van der Waals surface area (Å²) in [7, 11) is 0. The van der Waals surface area contributed by atoms with Crippen molar-refractivity contribution in [3.8, 4) is 0 Å². The summed E-state index contributed by atoms with van der Waals surface area (Å²) in [5.74, 6) is 0. The summed E-state index contributed by atoms with van der Waals surface area (Å²) >= 11 is 1.80. The minimum atomic E-state index is 0.358. The Balaban J connectivity index is 1.81. The van der Waals surface area contributed by atoms with Crippen LogP contribution in [-0.4, -0.2) is 11.7 Å². The zero-order chi connectivity index (χ0) is 12.9. The molecule has 1 aromatic rings. The Hall–Kier alpha value is -0.600. The van der Waals surface area contributed by atoms with Crippen molar-refractivity contribution in [3.05, 3.63) is 28.5 Å². The molecule has 0 aliphatic heterocycles. The van der Waals surface area contributed by atoms with E-state index < -0.39 is 0 Å². The fraction of sp³-hybridized carbons (Fsp3) is 0.625. The Morgan fingerprint density at radius 1 is 0.944 bits per heavy atom. The van der Waals surface area contributed by atoms with Crippen molar-refractivity contribution in [1.29, 1.82) is 0 Å². The normalized spacial score (nSPS) is 11.4. The average molecular weight is 266 g/mol. The van der Waals surface area contributed by atoms with E-state index in [0.717, 1.165) is 6.42 Å². The zero-order valence-electron chi connectivity index (χ0n) is 11.3. The van der Waals surface area contributed by atoms with Gasteiger partial charge in [-0.15, -0.1) is 11.3 Å². The van der Waals surface area contributed by atoms with Crippen molar-refractivity contribution in [1.82, 2.24) is 0 Å². The van der Waals surface area contributed by atoms with Crippen LogP contribution >= 0.6 is 11.3 Å². The Morgan fingerprint density at radius 3 is 2.22 bits per heavy atom. The van der Waals surface area contributed by atoms with Gasteiger partial charge in [0.25, 0.3) is 0 Å². The number of hydrogen-bond acceptors (Lipinski definition) is 2. The number of aliphatic hydroxyl groups is 1. The Bertz CT molecular complexity index is 290. The molecule has 0 aliphatic carbocycles. The van der Waals surface area contributed by atoms with E-state index in [4.69, 9.17) is 5.11 Å². The van der Waals surface area contributed by atoms with Gasteiger partial charge < -0.3 is 5.11 Å². The highest BCUT2D eigenvalue weighted by Gasteiger charge is 1.91. The molecule has 18 heavy (non-hydrogen) atoms. The molecule has 1 heterocycles. The minimum Gasteiger partial charge on any atom is -0.396 e. The largest absolute Gasteiger partial charge is 0.396 e. The number of aliphatic hydroxyl groups excluding tert-OH is 1. The van der Waals surface area contributed by atoms with Crippen LogP contribution in [-0.2, 0) is 0 Å². The second-order valence-electron chi connectivity index (χ2n) is 4.76. The van der Waals surface area contributed by atoms with Crippen LogP contribution in [0.4, 0.5) is 0 Å². The quantitative estimate of drug-likeness (QED) is 0.541. The third-order valence-corrected chi connectivity index (χ3v) is 3.94. The highest BCUT2D eigenvalue weighted by molar-refractivity contribution is 7.10. The third kappa shape index (κ3) is 8.48. The van der Waals surface area contributed by atoms with Crippen LogP contribution < -0.4 is 0 Å². The van der Waals surface area contributed by atoms with Crippen LogP contribution in [0, 0.1) is 0 Å². The Morgan fingerprint density at radius 2 is 1.61 bits per heavy atom. The van der Waals surface area contributed by atoms with E-state index in [2.05, 4.69) is 29.7 Å². The minimum absolute atomic E-state index is 0.358. The van der Waals surface area contributed by atoms with Gasteiger partial charge in [0, 0.05) is 11.5 Å². The van der Waals surface area contributed by atoms with E-state index in [1.807, 2.05) is 0 Å². The molecular formula is C16H26OS. The topological polar surface area (TPSA) is 20.2 Å². The summed E-state index contributed by atoms with van der Waals surface area (Å²) in [4.78, 5) is 1.36. The van der Waals surface area contributed by atoms with Crippen molar-refractivity contribution in [2.24, 2.45) is 0 Å². The van der Waals surface area contributed by atoms with Gasteiger partial charge in [-0.1, -0.05) is 50.7 Å². The molecule has 0 saturated carbocycles. The molecule has 0 aromatic carbocycles.